The van der Waals surface area contributed by atoms with Gasteiger partial charge in [0.05, 0.1) is 9.54 Å². The minimum absolute atomic E-state index is 0.0394. The first kappa shape index (κ1) is 14.4. The largest absolute Gasteiger partial charge is 0.294 e. The second kappa shape index (κ2) is 5.72. The number of nitrogens with zero attached hydrogens (tertiary/aromatic N) is 1. The van der Waals surface area contributed by atoms with Crippen molar-refractivity contribution < 1.29 is 4.79 Å². The summed E-state index contributed by atoms with van der Waals surface area (Å²) >= 11 is 13.0. The van der Waals surface area contributed by atoms with Crippen molar-refractivity contribution >= 4 is 62.2 Å². The van der Waals surface area contributed by atoms with Crippen LogP contribution in [0.15, 0.2) is 34.1 Å². The van der Waals surface area contributed by atoms with Crippen molar-refractivity contribution in [2.24, 2.45) is 0 Å². The van der Waals surface area contributed by atoms with Gasteiger partial charge < -0.3 is 0 Å². The number of thioether (sulfide) groups is 1. The van der Waals surface area contributed by atoms with Gasteiger partial charge in [-0.05, 0) is 52.7 Å². The van der Waals surface area contributed by atoms with Crippen LogP contribution in [-0.2, 0) is 4.79 Å². The number of benzene rings is 1. The van der Waals surface area contributed by atoms with Crippen molar-refractivity contribution in [2.75, 3.05) is 10.7 Å². The molecule has 1 aromatic carbocycles. The summed E-state index contributed by atoms with van der Waals surface area (Å²) < 4.78 is 1.08. The van der Waals surface area contributed by atoms with E-state index in [1.807, 2.05) is 36.1 Å². The molecular formula is C14H11BrClNOS2. The maximum Gasteiger partial charge on any atom is 0.238 e. The molecule has 1 saturated heterocycles. The Morgan fingerprint density at radius 3 is 2.80 bits per heavy atom. The highest BCUT2D eigenvalue weighted by Crippen LogP contribution is 2.45. The molecule has 20 heavy (non-hydrogen) atoms. The number of halogens is 2. The maximum absolute atomic E-state index is 12.2. The lowest BCUT2D eigenvalue weighted by molar-refractivity contribution is -0.115. The van der Waals surface area contributed by atoms with Crippen molar-refractivity contribution in [1.29, 1.82) is 0 Å². The summed E-state index contributed by atoms with van der Waals surface area (Å²) in [5.74, 6) is 0.635. The fraction of sp³-hybridized carbons (Fsp3) is 0.214. The summed E-state index contributed by atoms with van der Waals surface area (Å²) in [7, 11) is 0. The predicted molar refractivity (Wildman–Crippen MR) is 90.9 cm³/mol. The van der Waals surface area contributed by atoms with E-state index >= 15 is 0 Å². The van der Waals surface area contributed by atoms with E-state index in [0.29, 0.717) is 10.8 Å². The van der Waals surface area contributed by atoms with Crippen LogP contribution >= 0.6 is 50.6 Å². The summed E-state index contributed by atoms with van der Waals surface area (Å²) in [4.78, 5) is 15.2. The normalized spacial score (nSPS) is 18.9. The summed E-state index contributed by atoms with van der Waals surface area (Å²) in [6.45, 7) is 1.96. The van der Waals surface area contributed by atoms with Crippen LogP contribution in [0.1, 0.15) is 15.8 Å². The van der Waals surface area contributed by atoms with Crippen molar-refractivity contribution in [2.45, 2.75) is 12.3 Å². The molecule has 1 aliphatic heterocycles. The molecule has 0 spiro atoms. The summed E-state index contributed by atoms with van der Waals surface area (Å²) in [5, 5.41) is 0.732. The highest BCUT2D eigenvalue weighted by Gasteiger charge is 2.35. The zero-order valence-corrected chi connectivity index (χ0v) is 14.6. The number of hydrogen-bond acceptors (Lipinski definition) is 3. The van der Waals surface area contributed by atoms with Crippen LogP contribution in [0.5, 0.6) is 0 Å². The molecule has 1 atom stereocenters. The molecule has 0 N–H and O–H groups in total. The van der Waals surface area contributed by atoms with Crippen molar-refractivity contribution in [1.82, 2.24) is 0 Å². The van der Waals surface area contributed by atoms with Crippen molar-refractivity contribution in [3.63, 3.8) is 0 Å². The lowest BCUT2D eigenvalue weighted by Gasteiger charge is -2.23. The van der Waals surface area contributed by atoms with E-state index < -0.39 is 0 Å². The van der Waals surface area contributed by atoms with Gasteiger partial charge in [-0.3, -0.25) is 9.69 Å². The second-order valence-electron chi connectivity index (χ2n) is 4.50. The average Bonchev–Trinajstić information content (AvgIpc) is 2.99. The Morgan fingerprint density at radius 2 is 2.15 bits per heavy atom. The van der Waals surface area contributed by atoms with Crippen LogP contribution in [0, 0.1) is 6.92 Å². The summed E-state index contributed by atoms with van der Waals surface area (Å²) in [6, 6.07) is 9.86. The fourth-order valence-corrected chi connectivity index (χ4v) is 5.10. The summed E-state index contributed by atoms with van der Waals surface area (Å²) in [5.41, 5.74) is 1.88. The first-order chi connectivity index (χ1) is 9.56. The Hall–Kier alpha value is -0.490. The quantitative estimate of drug-likeness (QED) is 0.700. The highest BCUT2D eigenvalue weighted by atomic mass is 79.9. The smallest absolute Gasteiger partial charge is 0.238 e. The predicted octanol–water partition coefficient (Wildman–Crippen LogP) is 5.25. The molecule has 0 aliphatic carbocycles. The number of hydrogen-bond donors (Lipinski definition) is 0. The van der Waals surface area contributed by atoms with E-state index in [0.717, 1.165) is 15.0 Å². The molecule has 0 saturated carbocycles. The zero-order valence-electron chi connectivity index (χ0n) is 10.6. The molecule has 1 aromatic heterocycles. The van der Waals surface area contributed by atoms with E-state index in [9.17, 15) is 4.79 Å². The molecule has 1 unspecified atom stereocenters. The van der Waals surface area contributed by atoms with E-state index in [4.69, 9.17) is 11.6 Å². The molecule has 3 rings (SSSR count). The van der Waals surface area contributed by atoms with Gasteiger partial charge in [-0.15, -0.1) is 23.1 Å². The van der Waals surface area contributed by atoms with Gasteiger partial charge in [-0.1, -0.05) is 17.7 Å². The zero-order chi connectivity index (χ0) is 14.3. The van der Waals surface area contributed by atoms with Gasteiger partial charge in [0.2, 0.25) is 5.91 Å². The third-order valence-electron chi connectivity index (χ3n) is 3.14. The van der Waals surface area contributed by atoms with Crippen LogP contribution in [0.3, 0.4) is 0 Å². The molecule has 104 valence electrons. The Labute approximate surface area is 139 Å². The number of carbonyl (C=O) groups is 1. The lowest BCUT2D eigenvalue weighted by atomic mass is 10.2. The van der Waals surface area contributed by atoms with E-state index in [1.165, 1.54) is 4.88 Å². The SMILES string of the molecule is Cc1ccc(N2C(=O)CSC2c2ccc(Br)s2)cc1Cl. The van der Waals surface area contributed by atoms with E-state index in [-0.39, 0.29) is 11.3 Å². The number of thiophene rings is 1. The van der Waals surface area contributed by atoms with Crippen LogP contribution in [-0.4, -0.2) is 11.7 Å². The number of aryl methyl sites for hydroxylation is 1. The molecular weight excluding hydrogens is 378 g/mol. The van der Waals surface area contributed by atoms with E-state index in [2.05, 4.69) is 22.0 Å². The molecule has 2 nitrogen and oxygen atoms in total. The topological polar surface area (TPSA) is 20.3 Å². The molecule has 1 fully saturated rings. The number of anilines is 1. The maximum atomic E-state index is 12.2. The van der Waals surface area contributed by atoms with Gasteiger partial charge in [-0.25, -0.2) is 0 Å². The monoisotopic (exact) mass is 387 g/mol. The first-order valence-corrected chi connectivity index (χ1v) is 9.05. The molecule has 1 amide bonds. The molecule has 0 radical (unpaired) electrons. The lowest BCUT2D eigenvalue weighted by Crippen LogP contribution is -2.27. The second-order valence-corrected chi connectivity index (χ2v) is 8.47. The highest BCUT2D eigenvalue weighted by molar-refractivity contribution is 9.11. The average molecular weight is 389 g/mol. The molecule has 2 heterocycles. The molecule has 0 bridgehead atoms. The Morgan fingerprint density at radius 1 is 1.35 bits per heavy atom. The molecule has 1 aliphatic rings. The number of amides is 1. The van der Waals surface area contributed by atoms with Crippen molar-refractivity contribution in [3.05, 3.63) is 49.6 Å². The van der Waals surface area contributed by atoms with Gasteiger partial charge in [-0.2, -0.15) is 0 Å². The van der Waals surface area contributed by atoms with Crippen LogP contribution < -0.4 is 4.90 Å². The van der Waals surface area contributed by atoms with E-state index in [1.54, 1.807) is 23.1 Å². The first-order valence-electron chi connectivity index (χ1n) is 6.01. The number of rotatable bonds is 2. The van der Waals surface area contributed by atoms with Gasteiger partial charge in [0.15, 0.2) is 0 Å². The van der Waals surface area contributed by atoms with Crippen molar-refractivity contribution in [3.8, 4) is 0 Å². The Balaban J connectivity index is 2.00. The van der Waals surface area contributed by atoms with Gasteiger partial charge in [0.1, 0.15) is 5.37 Å². The Bertz CT molecular complexity index is 673. The minimum Gasteiger partial charge on any atom is -0.294 e. The number of carbonyl (C=O) groups excluding carboxylic acids is 1. The van der Waals surface area contributed by atoms with Crippen LogP contribution in [0.4, 0.5) is 5.69 Å². The van der Waals surface area contributed by atoms with Crippen LogP contribution in [0.2, 0.25) is 5.02 Å². The standard InChI is InChI=1S/C14H11BrClNOS2/c1-8-2-3-9(6-10(8)16)17-13(18)7-19-14(17)11-4-5-12(15)20-11/h2-6,14H,7H2,1H3. The van der Waals surface area contributed by atoms with Gasteiger partial charge in [0.25, 0.3) is 0 Å². The fourth-order valence-electron chi connectivity index (χ4n) is 2.11. The van der Waals surface area contributed by atoms with Gasteiger partial charge >= 0.3 is 0 Å². The third-order valence-corrected chi connectivity index (χ3v) is 6.57. The molecule has 6 heteroatoms. The Kier molecular flexibility index (Phi) is 4.13. The minimum atomic E-state index is 0.0394. The third kappa shape index (κ3) is 2.64. The van der Waals surface area contributed by atoms with Gasteiger partial charge in [0, 0.05) is 15.6 Å². The summed E-state index contributed by atoms with van der Waals surface area (Å²) in [6.07, 6.45) is 0. The van der Waals surface area contributed by atoms with Crippen LogP contribution in [0.25, 0.3) is 0 Å². The molecule has 2 aromatic rings.